The molecule has 7 heteroatoms. The van der Waals surface area contributed by atoms with Crippen molar-refractivity contribution in [3.05, 3.63) is 28.6 Å². The van der Waals surface area contributed by atoms with Gasteiger partial charge in [0.05, 0.1) is 4.92 Å². The van der Waals surface area contributed by atoms with Gasteiger partial charge in [-0.1, -0.05) is 0 Å². The van der Waals surface area contributed by atoms with Gasteiger partial charge in [-0.25, -0.2) is 0 Å². The maximum Gasteiger partial charge on any atom is 0.310 e. The van der Waals surface area contributed by atoms with Gasteiger partial charge in [-0.15, -0.1) is 0 Å². The van der Waals surface area contributed by atoms with Gasteiger partial charge in [0.1, 0.15) is 17.9 Å². The maximum atomic E-state index is 12.3. The van der Waals surface area contributed by atoms with Crippen LogP contribution in [0.25, 0.3) is 0 Å². The summed E-state index contributed by atoms with van der Waals surface area (Å²) in [6.45, 7) is 3.26. The second-order valence-corrected chi connectivity index (χ2v) is 4.90. The lowest BCUT2D eigenvalue weighted by atomic mass is 10.1. The second-order valence-electron chi connectivity index (χ2n) is 4.90. The molecule has 20 heavy (non-hydrogen) atoms. The number of nitro groups is 1. The zero-order valence-corrected chi connectivity index (χ0v) is 11.4. The van der Waals surface area contributed by atoms with Crippen LogP contribution in [0.1, 0.15) is 26.2 Å². The molecule has 1 aliphatic rings. The zero-order chi connectivity index (χ0) is 14.5. The van der Waals surface area contributed by atoms with Crippen LogP contribution in [0, 0.1) is 10.1 Å². The highest BCUT2D eigenvalue weighted by Gasteiger charge is 2.24. The Morgan fingerprint density at radius 3 is 2.80 bits per heavy atom. The molecule has 1 N–H and O–H groups in total. The highest BCUT2D eigenvalue weighted by atomic mass is 16.6. The molecule has 1 aliphatic heterocycles. The SMILES string of the molecule is CC(Nc1ccncc1[N+](=O)[O-])C(=O)N1CCCCC1. The van der Waals surface area contributed by atoms with Gasteiger partial charge in [-0.3, -0.25) is 19.9 Å². The van der Waals surface area contributed by atoms with E-state index in [2.05, 4.69) is 10.3 Å². The van der Waals surface area contributed by atoms with Crippen molar-refractivity contribution in [1.29, 1.82) is 0 Å². The maximum absolute atomic E-state index is 12.3. The van der Waals surface area contributed by atoms with Crippen LogP contribution in [-0.4, -0.2) is 39.8 Å². The number of pyridine rings is 1. The van der Waals surface area contributed by atoms with Gasteiger partial charge in [0, 0.05) is 19.3 Å². The average Bonchev–Trinajstić information content (AvgIpc) is 2.47. The first-order valence-corrected chi connectivity index (χ1v) is 6.73. The van der Waals surface area contributed by atoms with Crippen LogP contribution in [0.4, 0.5) is 11.4 Å². The molecule has 0 saturated carbocycles. The Morgan fingerprint density at radius 2 is 2.15 bits per heavy atom. The molecular weight excluding hydrogens is 260 g/mol. The van der Waals surface area contributed by atoms with E-state index in [1.165, 1.54) is 18.5 Å². The summed E-state index contributed by atoms with van der Waals surface area (Å²) in [4.78, 5) is 28.2. The minimum atomic E-state index is -0.507. The van der Waals surface area contributed by atoms with Gasteiger partial charge in [0.15, 0.2) is 0 Å². The van der Waals surface area contributed by atoms with Crippen molar-refractivity contribution in [1.82, 2.24) is 9.88 Å². The summed E-state index contributed by atoms with van der Waals surface area (Å²) in [6.07, 6.45) is 5.84. The lowest BCUT2D eigenvalue weighted by Crippen LogP contribution is -2.43. The number of rotatable bonds is 4. The largest absolute Gasteiger partial charge is 0.368 e. The normalized spacial score (nSPS) is 16.6. The molecule has 1 atom stereocenters. The van der Waals surface area contributed by atoms with E-state index in [1.807, 2.05) is 4.90 Å². The Bertz CT molecular complexity index is 500. The zero-order valence-electron chi connectivity index (χ0n) is 11.4. The molecule has 0 aliphatic carbocycles. The van der Waals surface area contributed by atoms with Crippen molar-refractivity contribution in [2.24, 2.45) is 0 Å². The fourth-order valence-electron chi connectivity index (χ4n) is 2.34. The molecule has 0 aromatic carbocycles. The first-order chi connectivity index (χ1) is 9.59. The summed E-state index contributed by atoms with van der Waals surface area (Å²) in [5.41, 5.74) is 0.202. The van der Waals surface area contributed by atoms with Crippen LogP contribution in [-0.2, 0) is 4.79 Å². The van der Waals surface area contributed by atoms with Gasteiger partial charge in [0.25, 0.3) is 0 Å². The number of amides is 1. The molecule has 0 radical (unpaired) electrons. The third-order valence-corrected chi connectivity index (χ3v) is 3.41. The molecule has 108 valence electrons. The minimum Gasteiger partial charge on any atom is -0.368 e. The third-order valence-electron chi connectivity index (χ3n) is 3.41. The predicted octanol–water partition coefficient (Wildman–Crippen LogP) is 1.80. The number of likely N-dealkylation sites (tertiary alicyclic amines) is 1. The molecular formula is C13H18N4O3. The Labute approximate surface area is 117 Å². The summed E-state index contributed by atoms with van der Waals surface area (Å²) < 4.78 is 0. The molecule has 1 amide bonds. The number of carbonyl (C=O) groups is 1. The number of piperidine rings is 1. The second kappa shape index (κ2) is 6.31. The Morgan fingerprint density at radius 1 is 1.45 bits per heavy atom. The summed E-state index contributed by atoms with van der Waals surface area (Å²) in [7, 11) is 0. The first-order valence-electron chi connectivity index (χ1n) is 6.73. The number of carbonyl (C=O) groups excluding carboxylic acids is 1. The summed E-state index contributed by atoms with van der Waals surface area (Å²) in [6, 6.07) is 1.02. The number of aromatic nitrogens is 1. The summed E-state index contributed by atoms with van der Waals surface area (Å²) >= 11 is 0. The van der Waals surface area contributed by atoms with E-state index in [0.29, 0.717) is 5.69 Å². The molecule has 2 heterocycles. The summed E-state index contributed by atoms with van der Waals surface area (Å²) in [5, 5.41) is 13.8. The summed E-state index contributed by atoms with van der Waals surface area (Å²) in [5.74, 6) is -0.0178. The van der Waals surface area contributed by atoms with Gasteiger partial charge in [-0.2, -0.15) is 0 Å². The standard InChI is InChI=1S/C13H18N4O3/c1-10(13(18)16-7-3-2-4-8-16)15-11-5-6-14-9-12(11)17(19)20/h5-6,9-10H,2-4,7-8H2,1H3,(H,14,15). The molecule has 1 saturated heterocycles. The van der Waals surface area contributed by atoms with E-state index in [0.717, 1.165) is 32.4 Å². The number of nitrogens with one attached hydrogen (secondary N) is 1. The van der Waals surface area contributed by atoms with E-state index >= 15 is 0 Å². The molecule has 0 spiro atoms. The van der Waals surface area contributed by atoms with Crippen molar-refractivity contribution >= 4 is 17.3 Å². The predicted molar refractivity (Wildman–Crippen MR) is 74.4 cm³/mol. The van der Waals surface area contributed by atoms with Crippen molar-refractivity contribution in [2.75, 3.05) is 18.4 Å². The van der Waals surface area contributed by atoms with Crippen LogP contribution >= 0.6 is 0 Å². The van der Waals surface area contributed by atoms with E-state index in [4.69, 9.17) is 0 Å². The Balaban J connectivity index is 2.05. The van der Waals surface area contributed by atoms with Gasteiger partial charge >= 0.3 is 5.69 Å². The van der Waals surface area contributed by atoms with E-state index in [9.17, 15) is 14.9 Å². The topological polar surface area (TPSA) is 88.4 Å². The van der Waals surface area contributed by atoms with Crippen LogP contribution in [0.5, 0.6) is 0 Å². The van der Waals surface area contributed by atoms with Crippen molar-refractivity contribution < 1.29 is 9.72 Å². The lowest BCUT2D eigenvalue weighted by Gasteiger charge is -2.29. The molecule has 2 rings (SSSR count). The molecule has 7 nitrogen and oxygen atoms in total. The van der Waals surface area contributed by atoms with Crippen LogP contribution in [0.3, 0.4) is 0 Å². The Kier molecular flexibility index (Phi) is 4.49. The lowest BCUT2D eigenvalue weighted by molar-refractivity contribution is -0.384. The molecule has 1 fully saturated rings. The van der Waals surface area contributed by atoms with Crippen LogP contribution in [0.15, 0.2) is 18.5 Å². The van der Waals surface area contributed by atoms with Gasteiger partial charge in [0.2, 0.25) is 5.91 Å². The highest BCUT2D eigenvalue weighted by Crippen LogP contribution is 2.23. The van der Waals surface area contributed by atoms with Gasteiger partial charge < -0.3 is 10.2 Å². The molecule has 1 aromatic rings. The van der Waals surface area contributed by atoms with Crippen molar-refractivity contribution in [3.63, 3.8) is 0 Å². The van der Waals surface area contributed by atoms with Crippen molar-refractivity contribution in [2.45, 2.75) is 32.2 Å². The fraction of sp³-hybridized carbons (Fsp3) is 0.538. The number of anilines is 1. The Hall–Kier alpha value is -2.18. The molecule has 1 aromatic heterocycles. The highest BCUT2D eigenvalue weighted by molar-refractivity contribution is 5.85. The number of hydrogen-bond donors (Lipinski definition) is 1. The van der Waals surface area contributed by atoms with E-state index in [-0.39, 0.29) is 11.6 Å². The molecule has 1 unspecified atom stereocenters. The minimum absolute atomic E-state index is 0.0178. The first kappa shape index (κ1) is 14.2. The monoisotopic (exact) mass is 278 g/mol. The fourth-order valence-corrected chi connectivity index (χ4v) is 2.34. The quantitative estimate of drug-likeness (QED) is 0.670. The van der Waals surface area contributed by atoms with E-state index in [1.54, 1.807) is 6.92 Å². The number of hydrogen-bond acceptors (Lipinski definition) is 5. The van der Waals surface area contributed by atoms with Gasteiger partial charge in [-0.05, 0) is 32.3 Å². The van der Waals surface area contributed by atoms with Crippen LogP contribution < -0.4 is 5.32 Å². The third kappa shape index (κ3) is 3.23. The van der Waals surface area contributed by atoms with Crippen LogP contribution in [0.2, 0.25) is 0 Å². The molecule has 0 bridgehead atoms. The smallest absolute Gasteiger partial charge is 0.310 e. The average molecular weight is 278 g/mol. The number of nitrogens with zero attached hydrogens (tertiary/aromatic N) is 3. The van der Waals surface area contributed by atoms with Crippen molar-refractivity contribution in [3.8, 4) is 0 Å². The van der Waals surface area contributed by atoms with E-state index < -0.39 is 11.0 Å².